The first-order chi connectivity index (χ1) is 9.74. The van der Waals surface area contributed by atoms with Crippen LogP contribution in [0.1, 0.15) is 16.7 Å². The van der Waals surface area contributed by atoms with Gasteiger partial charge in [0.1, 0.15) is 17.6 Å². The van der Waals surface area contributed by atoms with E-state index in [-0.39, 0.29) is 5.56 Å². The lowest BCUT2D eigenvalue weighted by molar-refractivity contribution is 0.407. The predicted octanol–water partition coefficient (Wildman–Crippen LogP) is 3.00. The van der Waals surface area contributed by atoms with E-state index in [0.717, 1.165) is 16.9 Å². The summed E-state index contributed by atoms with van der Waals surface area (Å²) in [6.07, 6.45) is 0. The first kappa shape index (κ1) is 14.0. The fourth-order valence-corrected chi connectivity index (χ4v) is 1.96. The summed E-state index contributed by atoms with van der Waals surface area (Å²) in [5.74, 6) is 0.345. The highest BCUT2D eigenvalue weighted by Gasteiger charge is 2.04. The number of methoxy groups -OCH3 is 1. The molecule has 0 saturated carbocycles. The van der Waals surface area contributed by atoms with E-state index < -0.39 is 5.82 Å². The van der Waals surface area contributed by atoms with Gasteiger partial charge in [0.05, 0.1) is 12.7 Å². The van der Waals surface area contributed by atoms with Crippen LogP contribution in [0.15, 0.2) is 42.5 Å². The molecule has 3 nitrogen and oxygen atoms in total. The van der Waals surface area contributed by atoms with Gasteiger partial charge in [-0.2, -0.15) is 5.26 Å². The van der Waals surface area contributed by atoms with Crippen LogP contribution in [0.25, 0.3) is 0 Å². The Morgan fingerprint density at radius 3 is 2.75 bits per heavy atom. The predicted molar refractivity (Wildman–Crippen MR) is 74.7 cm³/mol. The van der Waals surface area contributed by atoms with Crippen LogP contribution in [0, 0.1) is 17.1 Å². The largest absolute Gasteiger partial charge is 0.496 e. The van der Waals surface area contributed by atoms with Gasteiger partial charge in [0.25, 0.3) is 0 Å². The van der Waals surface area contributed by atoms with Crippen molar-refractivity contribution < 1.29 is 9.13 Å². The minimum absolute atomic E-state index is 0.0709. The molecule has 4 heteroatoms. The molecule has 2 aromatic rings. The van der Waals surface area contributed by atoms with Crippen LogP contribution in [0.2, 0.25) is 0 Å². The molecular formula is C16H15FN2O. The molecular weight excluding hydrogens is 255 g/mol. The summed E-state index contributed by atoms with van der Waals surface area (Å²) < 4.78 is 18.5. The maximum atomic E-state index is 13.2. The van der Waals surface area contributed by atoms with Gasteiger partial charge in [-0.1, -0.05) is 24.3 Å². The molecule has 0 saturated heterocycles. The molecule has 0 radical (unpaired) electrons. The van der Waals surface area contributed by atoms with Crippen LogP contribution < -0.4 is 10.1 Å². The average Bonchev–Trinajstić information content (AvgIpc) is 2.49. The van der Waals surface area contributed by atoms with Crippen molar-refractivity contribution in [1.29, 1.82) is 5.26 Å². The Morgan fingerprint density at radius 1 is 1.20 bits per heavy atom. The smallest absolute Gasteiger partial charge is 0.140 e. The van der Waals surface area contributed by atoms with E-state index >= 15 is 0 Å². The van der Waals surface area contributed by atoms with Crippen LogP contribution >= 0.6 is 0 Å². The molecule has 0 aromatic heterocycles. The summed E-state index contributed by atoms with van der Waals surface area (Å²) in [4.78, 5) is 0. The number of nitrogens with zero attached hydrogens (tertiary/aromatic N) is 1. The Bertz CT molecular complexity index is 635. The van der Waals surface area contributed by atoms with E-state index in [1.165, 1.54) is 6.07 Å². The molecule has 20 heavy (non-hydrogen) atoms. The van der Waals surface area contributed by atoms with E-state index in [1.807, 2.05) is 30.3 Å². The highest BCUT2D eigenvalue weighted by Crippen LogP contribution is 2.17. The van der Waals surface area contributed by atoms with Crippen molar-refractivity contribution in [2.75, 3.05) is 7.11 Å². The fraction of sp³-hybridized carbons (Fsp3) is 0.188. The Balaban J connectivity index is 1.98. The lowest BCUT2D eigenvalue weighted by atomic mass is 10.1. The molecule has 0 heterocycles. The van der Waals surface area contributed by atoms with Crippen LogP contribution in [-0.4, -0.2) is 7.11 Å². The molecule has 0 bridgehead atoms. The molecule has 0 aliphatic rings. The number of para-hydroxylation sites is 1. The van der Waals surface area contributed by atoms with E-state index in [1.54, 1.807) is 19.2 Å². The third-order valence-corrected chi connectivity index (χ3v) is 2.99. The molecule has 2 aromatic carbocycles. The van der Waals surface area contributed by atoms with Gasteiger partial charge in [-0.3, -0.25) is 0 Å². The summed E-state index contributed by atoms with van der Waals surface area (Å²) in [7, 11) is 1.64. The highest BCUT2D eigenvalue weighted by molar-refractivity contribution is 5.35. The lowest BCUT2D eigenvalue weighted by Crippen LogP contribution is -2.13. The zero-order valence-corrected chi connectivity index (χ0v) is 11.2. The van der Waals surface area contributed by atoms with Crippen LogP contribution in [0.4, 0.5) is 4.39 Å². The van der Waals surface area contributed by atoms with Crippen molar-refractivity contribution >= 4 is 0 Å². The first-order valence-electron chi connectivity index (χ1n) is 6.25. The molecule has 0 aliphatic heterocycles. The fourth-order valence-electron chi connectivity index (χ4n) is 1.96. The van der Waals surface area contributed by atoms with Crippen molar-refractivity contribution in [3.8, 4) is 11.8 Å². The Kier molecular flexibility index (Phi) is 4.70. The maximum Gasteiger partial charge on any atom is 0.140 e. The van der Waals surface area contributed by atoms with Gasteiger partial charge in [0.2, 0.25) is 0 Å². The van der Waals surface area contributed by atoms with E-state index in [9.17, 15) is 4.39 Å². The second-order valence-electron chi connectivity index (χ2n) is 4.34. The lowest BCUT2D eigenvalue weighted by Gasteiger charge is -2.09. The number of rotatable bonds is 5. The van der Waals surface area contributed by atoms with Gasteiger partial charge in [-0.25, -0.2) is 4.39 Å². The van der Waals surface area contributed by atoms with Crippen LogP contribution in [0.3, 0.4) is 0 Å². The number of hydrogen-bond donors (Lipinski definition) is 1. The zero-order chi connectivity index (χ0) is 14.4. The van der Waals surface area contributed by atoms with Gasteiger partial charge in [-0.15, -0.1) is 0 Å². The zero-order valence-electron chi connectivity index (χ0n) is 11.2. The molecule has 2 rings (SSSR count). The number of benzene rings is 2. The molecule has 1 N–H and O–H groups in total. The number of ether oxygens (including phenoxy) is 1. The highest BCUT2D eigenvalue weighted by atomic mass is 19.1. The second kappa shape index (κ2) is 6.69. The van der Waals surface area contributed by atoms with Crippen molar-refractivity contribution in [1.82, 2.24) is 5.32 Å². The van der Waals surface area contributed by atoms with Crippen molar-refractivity contribution in [2.45, 2.75) is 13.1 Å². The molecule has 0 fully saturated rings. The monoisotopic (exact) mass is 270 g/mol. The van der Waals surface area contributed by atoms with Crippen molar-refractivity contribution in [3.05, 3.63) is 65.0 Å². The van der Waals surface area contributed by atoms with Gasteiger partial charge < -0.3 is 10.1 Å². The summed E-state index contributed by atoms with van der Waals surface area (Å²) in [5.41, 5.74) is 2.00. The average molecular weight is 270 g/mol. The minimum Gasteiger partial charge on any atom is -0.496 e. The number of nitrogens with one attached hydrogen (secondary N) is 1. The summed E-state index contributed by atoms with van der Waals surface area (Å²) in [6, 6.07) is 14.1. The maximum absolute atomic E-state index is 13.2. The summed E-state index contributed by atoms with van der Waals surface area (Å²) >= 11 is 0. The molecule has 0 amide bonds. The molecule has 0 spiro atoms. The van der Waals surface area contributed by atoms with E-state index in [4.69, 9.17) is 10.00 Å². The number of hydrogen-bond acceptors (Lipinski definition) is 3. The third kappa shape index (κ3) is 3.34. The van der Waals surface area contributed by atoms with Crippen molar-refractivity contribution in [3.63, 3.8) is 0 Å². The van der Waals surface area contributed by atoms with Gasteiger partial charge >= 0.3 is 0 Å². The number of halogens is 1. The molecule has 0 unspecified atom stereocenters. The number of nitriles is 1. The molecule has 0 atom stereocenters. The van der Waals surface area contributed by atoms with Crippen LogP contribution in [0.5, 0.6) is 5.75 Å². The first-order valence-corrected chi connectivity index (χ1v) is 6.25. The Labute approximate surface area is 117 Å². The topological polar surface area (TPSA) is 45.0 Å². The standard InChI is InChI=1S/C16H15FN2O/c1-20-16-5-3-2-4-13(16)11-19-10-12-6-7-15(17)14(8-12)9-18/h2-8,19H,10-11H2,1H3. The summed E-state index contributed by atoms with van der Waals surface area (Å²) in [6.45, 7) is 1.20. The van der Waals surface area contributed by atoms with E-state index in [2.05, 4.69) is 5.32 Å². The van der Waals surface area contributed by atoms with Gasteiger partial charge in [-0.05, 0) is 23.8 Å². The Morgan fingerprint density at radius 2 is 2.00 bits per heavy atom. The van der Waals surface area contributed by atoms with Crippen LogP contribution in [-0.2, 0) is 13.1 Å². The second-order valence-corrected chi connectivity index (χ2v) is 4.34. The normalized spacial score (nSPS) is 10.1. The Hall–Kier alpha value is -2.38. The van der Waals surface area contributed by atoms with Gasteiger partial charge in [0, 0.05) is 18.7 Å². The molecule has 102 valence electrons. The SMILES string of the molecule is COc1ccccc1CNCc1ccc(F)c(C#N)c1. The summed E-state index contributed by atoms with van der Waals surface area (Å²) in [5, 5.41) is 12.0. The van der Waals surface area contributed by atoms with Gasteiger partial charge in [0.15, 0.2) is 0 Å². The minimum atomic E-state index is -0.485. The third-order valence-electron chi connectivity index (χ3n) is 2.99. The quantitative estimate of drug-likeness (QED) is 0.908. The molecule has 0 aliphatic carbocycles. The van der Waals surface area contributed by atoms with Crippen molar-refractivity contribution in [2.24, 2.45) is 0 Å². The van der Waals surface area contributed by atoms with E-state index in [0.29, 0.717) is 13.1 Å².